The van der Waals surface area contributed by atoms with Crippen molar-refractivity contribution < 1.29 is 0 Å². The smallest absolute Gasteiger partial charge is 0.191 e. The van der Waals surface area contributed by atoms with Gasteiger partial charge < -0.3 is 15.2 Å². The Bertz CT molecular complexity index is 713. The Morgan fingerprint density at radius 3 is 2.79 bits per heavy atom. The van der Waals surface area contributed by atoms with Crippen LogP contribution in [0.2, 0.25) is 0 Å². The van der Waals surface area contributed by atoms with Crippen molar-refractivity contribution in [1.82, 2.24) is 20.2 Å². The second-order valence-electron chi connectivity index (χ2n) is 7.43. The molecular weight excluding hydrogens is 461 g/mol. The lowest BCUT2D eigenvalue weighted by Gasteiger charge is -2.30. The highest BCUT2D eigenvalue weighted by Gasteiger charge is 2.21. The summed E-state index contributed by atoms with van der Waals surface area (Å²) in [6, 6.07) is 11.0. The molecule has 1 aromatic heterocycles. The summed E-state index contributed by atoms with van der Waals surface area (Å²) in [7, 11) is 0. The van der Waals surface area contributed by atoms with Gasteiger partial charge in [0.15, 0.2) is 5.96 Å². The highest BCUT2D eigenvalue weighted by Crippen LogP contribution is 2.26. The molecular formula is C22H34IN5. The average molecular weight is 495 g/mol. The van der Waals surface area contributed by atoms with E-state index in [4.69, 9.17) is 4.99 Å². The first-order chi connectivity index (χ1) is 13.3. The number of imidazole rings is 1. The monoisotopic (exact) mass is 495 g/mol. The maximum atomic E-state index is 4.81. The molecule has 0 aliphatic heterocycles. The molecule has 0 saturated heterocycles. The number of aromatic nitrogens is 2. The standard InChI is InChI=1S/C22H33N5.HI/c1-3-18-11-8-12-20(15-18)26-22(23-4-2)25-16-21-24-13-14-27(21)17-19-9-6-5-7-10-19;/h5-7,9-10,13-14,18,20H,3-4,8,11-12,15-17H2,1-2H3,(H2,23,25,26);1H. The van der Waals surface area contributed by atoms with Gasteiger partial charge in [0.05, 0.1) is 0 Å². The Balaban J connectivity index is 0.00000280. The lowest BCUT2D eigenvalue weighted by atomic mass is 9.84. The summed E-state index contributed by atoms with van der Waals surface area (Å²) in [5.74, 6) is 2.75. The van der Waals surface area contributed by atoms with Crippen molar-refractivity contribution >= 4 is 29.9 Å². The molecule has 1 aromatic carbocycles. The number of nitrogens with zero attached hydrogens (tertiary/aromatic N) is 3. The first-order valence-electron chi connectivity index (χ1n) is 10.4. The van der Waals surface area contributed by atoms with Crippen LogP contribution in [0.4, 0.5) is 0 Å². The molecule has 2 aromatic rings. The van der Waals surface area contributed by atoms with Crippen molar-refractivity contribution in [3.05, 3.63) is 54.1 Å². The molecule has 28 heavy (non-hydrogen) atoms. The van der Waals surface area contributed by atoms with Crippen molar-refractivity contribution in [2.45, 2.75) is 65.1 Å². The lowest BCUT2D eigenvalue weighted by Crippen LogP contribution is -2.45. The molecule has 1 saturated carbocycles. The van der Waals surface area contributed by atoms with Crippen LogP contribution in [0.3, 0.4) is 0 Å². The first kappa shape index (κ1) is 22.7. The van der Waals surface area contributed by atoms with Gasteiger partial charge in [-0.3, -0.25) is 0 Å². The summed E-state index contributed by atoms with van der Waals surface area (Å²) in [5, 5.41) is 7.05. The van der Waals surface area contributed by atoms with E-state index < -0.39 is 0 Å². The van der Waals surface area contributed by atoms with Gasteiger partial charge >= 0.3 is 0 Å². The highest BCUT2D eigenvalue weighted by atomic mass is 127. The summed E-state index contributed by atoms with van der Waals surface area (Å²) >= 11 is 0. The van der Waals surface area contributed by atoms with Gasteiger partial charge in [-0.1, -0.05) is 56.5 Å². The molecule has 0 radical (unpaired) electrons. The zero-order valence-electron chi connectivity index (χ0n) is 17.1. The molecule has 2 N–H and O–H groups in total. The summed E-state index contributed by atoms with van der Waals surface area (Å²) < 4.78 is 2.18. The number of aliphatic imine (C=N–C) groups is 1. The largest absolute Gasteiger partial charge is 0.357 e. The van der Waals surface area contributed by atoms with Gasteiger partial charge in [0.2, 0.25) is 0 Å². The van der Waals surface area contributed by atoms with Gasteiger partial charge in [-0.05, 0) is 31.2 Å². The molecule has 1 aliphatic carbocycles. The SMILES string of the molecule is CCNC(=NCc1nccn1Cc1ccccc1)NC1CCCC(CC)C1.I. The van der Waals surface area contributed by atoms with Crippen LogP contribution in [0, 0.1) is 5.92 Å². The molecule has 5 nitrogen and oxygen atoms in total. The molecule has 1 fully saturated rings. The van der Waals surface area contributed by atoms with Crippen LogP contribution >= 0.6 is 24.0 Å². The van der Waals surface area contributed by atoms with E-state index in [0.717, 1.165) is 30.8 Å². The summed E-state index contributed by atoms with van der Waals surface area (Å²) in [6.45, 7) is 6.70. The number of hydrogen-bond acceptors (Lipinski definition) is 2. The summed E-state index contributed by atoms with van der Waals surface area (Å²) in [6.07, 6.45) is 10.4. The minimum absolute atomic E-state index is 0. The van der Waals surface area contributed by atoms with E-state index in [9.17, 15) is 0 Å². The topological polar surface area (TPSA) is 54.2 Å². The second kappa shape index (κ2) is 12.1. The van der Waals surface area contributed by atoms with E-state index in [1.807, 2.05) is 18.5 Å². The van der Waals surface area contributed by atoms with Crippen LogP contribution in [-0.2, 0) is 13.1 Å². The first-order valence-corrected chi connectivity index (χ1v) is 10.4. The molecule has 154 valence electrons. The minimum atomic E-state index is 0. The van der Waals surface area contributed by atoms with Crippen LogP contribution in [0.15, 0.2) is 47.7 Å². The number of nitrogens with one attached hydrogen (secondary N) is 2. The number of hydrogen-bond donors (Lipinski definition) is 2. The minimum Gasteiger partial charge on any atom is -0.357 e. The number of halogens is 1. The quantitative estimate of drug-likeness (QED) is 0.336. The molecule has 1 heterocycles. The van der Waals surface area contributed by atoms with Crippen molar-refractivity contribution in [3.63, 3.8) is 0 Å². The molecule has 1 aliphatic rings. The fraction of sp³-hybridized carbons (Fsp3) is 0.545. The maximum Gasteiger partial charge on any atom is 0.191 e. The highest BCUT2D eigenvalue weighted by molar-refractivity contribution is 14.0. The van der Waals surface area contributed by atoms with Gasteiger partial charge in [0.1, 0.15) is 12.4 Å². The van der Waals surface area contributed by atoms with Crippen molar-refractivity contribution in [3.8, 4) is 0 Å². The molecule has 6 heteroatoms. The molecule has 0 bridgehead atoms. The van der Waals surface area contributed by atoms with Crippen LogP contribution in [0.1, 0.15) is 57.3 Å². The second-order valence-corrected chi connectivity index (χ2v) is 7.43. The number of rotatable bonds is 7. The van der Waals surface area contributed by atoms with Gasteiger partial charge in [-0.2, -0.15) is 0 Å². The zero-order chi connectivity index (χ0) is 18.9. The predicted octanol–water partition coefficient (Wildman–Crippen LogP) is 4.57. The van der Waals surface area contributed by atoms with Crippen LogP contribution in [0.5, 0.6) is 0 Å². The number of benzene rings is 1. The van der Waals surface area contributed by atoms with Crippen LogP contribution in [-0.4, -0.2) is 28.1 Å². The van der Waals surface area contributed by atoms with Gasteiger partial charge in [0.25, 0.3) is 0 Å². The van der Waals surface area contributed by atoms with Crippen molar-refractivity contribution in [2.24, 2.45) is 10.9 Å². The lowest BCUT2D eigenvalue weighted by molar-refractivity contribution is 0.298. The third kappa shape index (κ3) is 6.79. The predicted molar refractivity (Wildman–Crippen MR) is 127 cm³/mol. The normalized spacial score (nSPS) is 19.7. The summed E-state index contributed by atoms with van der Waals surface area (Å²) in [4.78, 5) is 9.33. The summed E-state index contributed by atoms with van der Waals surface area (Å²) in [5.41, 5.74) is 1.28. The van der Waals surface area contributed by atoms with E-state index in [-0.39, 0.29) is 24.0 Å². The number of guanidine groups is 1. The fourth-order valence-electron chi connectivity index (χ4n) is 3.87. The van der Waals surface area contributed by atoms with E-state index >= 15 is 0 Å². The van der Waals surface area contributed by atoms with Gasteiger partial charge in [-0.15, -0.1) is 24.0 Å². The fourth-order valence-corrected chi connectivity index (χ4v) is 3.87. The van der Waals surface area contributed by atoms with Gasteiger partial charge in [0, 0.05) is 31.5 Å². The third-order valence-corrected chi connectivity index (χ3v) is 5.42. The Morgan fingerprint density at radius 1 is 1.21 bits per heavy atom. The van der Waals surface area contributed by atoms with E-state index in [0.29, 0.717) is 12.6 Å². The van der Waals surface area contributed by atoms with E-state index in [1.54, 1.807) is 0 Å². The van der Waals surface area contributed by atoms with Crippen molar-refractivity contribution in [1.29, 1.82) is 0 Å². The van der Waals surface area contributed by atoms with Crippen molar-refractivity contribution in [2.75, 3.05) is 6.54 Å². The van der Waals surface area contributed by atoms with Crippen LogP contribution < -0.4 is 10.6 Å². The third-order valence-electron chi connectivity index (χ3n) is 5.42. The average Bonchev–Trinajstić information content (AvgIpc) is 3.14. The molecule has 2 atom stereocenters. The Hall–Kier alpha value is -1.57. The molecule has 0 spiro atoms. The van der Waals surface area contributed by atoms with E-state index in [2.05, 4.69) is 58.3 Å². The Kier molecular flexibility index (Phi) is 9.81. The molecule has 3 rings (SSSR count). The van der Waals surface area contributed by atoms with E-state index in [1.165, 1.54) is 37.7 Å². The Morgan fingerprint density at radius 2 is 2.04 bits per heavy atom. The molecule has 0 amide bonds. The Labute approximate surface area is 186 Å². The zero-order valence-corrected chi connectivity index (χ0v) is 19.4. The maximum absolute atomic E-state index is 4.81. The van der Waals surface area contributed by atoms with Gasteiger partial charge in [-0.25, -0.2) is 9.98 Å². The van der Waals surface area contributed by atoms with Crippen LogP contribution in [0.25, 0.3) is 0 Å². The molecule has 2 unspecified atom stereocenters.